The first-order chi connectivity index (χ1) is 7.70. The second-order valence-corrected chi connectivity index (χ2v) is 4.37. The van der Waals surface area contributed by atoms with Crippen LogP contribution in [0.5, 0.6) is 0 Å². The van der Waals surface area contributed by atoms with Gasteiger partial charge in [-0.15, -0.1) is 6.58 Å². The van der Waals surface area contributed by atoms with Crippen LogP contribution in [0.1, 0.15) is 19.3 Å². The molecule has 16 heavy (non-hydrogen) atoms. The maximum atomic E-state index is 12.3. The van der Waals surface area contributed by atoms with Crippen LogP contribution in [0, 0.1) is 5.41 Å². The van der Waals surface area contributed by atoms with Gasteiger partial charge in [0.25, 0.3) is 0 Å². The van der Waals surface area contributed by atoms with Gasteiger partial charge in [-0.2, -0.15) is 0 Å². The summed E-state index contributed by atoms with van der Waals surface area (Å²) in [5.74, 6) is 0.165. The van der Waals surface area contributed by atoms with Gasteiger partial charge in [0.2, 0.25) is 5.91 Å². The predicted molar refractivity (Wildman–Crippen MR) is 64.0 cm³/mol. The average Bonchev–Trinajstić information content (AvgIpc) is 2.23. The number of amides is 1. The first-order valence-corrected chi connectivity index (χ1v) is 5.79. The lowest BCUT2D eigenvalue weighted by molar-refractivity contribution is -0.146. The predicted octanol–water partition coefficient (Wildman–Crippen LogP) is 0.776. The van der Waals surface area contributed by atoms with E-state index in [0.29, 0.717) is 26.2 Å². The third-order valence-corrected chi connectivity index (χ3v) is 3.36. The third kappa shape index (κ3) is 2.62. The molecule has 0 bridgehead atoms. The molecule has 1 rings (SSSR count). The summed E-state index contributed by atoms with van der Waals surface area (Å²) in [5.41, 5.74) is 5.43. The Morgan fingerprint density at radius 1 is 1.62 bits per heavy atom. The maximum Gasteiger partial charge on any atom is 0.230 e. The van der Waals surface area contributed by atoms with Gasteiger partial charge in [-0.1, -0.05) is 12.5 Å². The van der Waals surface area contributed by atoms with Crippen molar-refractivity contribution in [3.05, 3.63) is 12.7 Å². The van der Waals surface area contributed by atoms with Crippen LogP contribution in [0.3, 0.4) is 0 Å². The van der Waals surface area contributed by atoms with Gasteiger partial charge in [-0.25, -0.2) is 0 Å². The molecule has 1 aliphatic carbocycles. The SMILES string of the molecule is C=CCN(CCOC)C(=O)C1(CN)CCC1. The molecule has 0 heterocycles. The normalized spacial score (nSPS) is 17.6. The van der Waals surface area contributed by atoms with Crippen molar-refractivity contribution < 1.29 is 9.53 Å². The van der Waals surface area contributed by atoms with Gasteiger partial charge < -0.3 is 15.4 Å². The summed E-state index contributed by atoms with van der Waals surface area (Å²) in [6.07, 6.45) is 4.69. The summed E-state index contributed by atoms with van der Waals surface area (Å²) in [5, 5.41) is 0. The fourth-order valence-corrected chi connectivity index (χ4v) is 2.08. The lowest BCUT2D eigenvalue weighted by atomic mass is 9.68. The van der Waals surface area contributed by atoms with Crippen molar-refractivity contribution >= 4 is 5.91 Å². The molecule has 1 fully saturated rings. The Labute approximate surface area is 97.4 Å². The van der Waals surface area contributed by atoms with E-state index in [9.17, 15) is 4.79 Å². The molecule has 0 aromatic heterocycles. The van der Waals surface area contributed by atoms with Gasteiger partial charge in [-0.3, -0.25) is 4.79 Å². The van der Waals surface area contributed by atoms with Crippen molar-refractivity contribution in [1.29, 1.82) is 0 Å². The van der Waals surface area contributed by atoms with E-state index in [-0.39, 0.29) is 11.3 Å². The van der Waals surface area contributed by atoms with Crippen LogP contribution in [0.25, 0.3) is 0 Å². The standard InChI is InChI=1S/C12H22N2O2/c1-3-7-14(8-9-16-2)11(15)12(10-13)5-4-6-12/h3H,1,4-10,13H2,2H3. The summed E-state index contributed by atoms with van der Waals surface area (Å²) in [6, 6.07) is 0. The van der Waals surface area contributed by atoms with Crippen LogP contribution >= 0.6 is 0 Å². The fourth-order valence-electron chi connectivity index (χ4n) is 2.08. The van der Waals surface area contributed by atoms with Gasteiger partial charge in [0.15, 0.2) is 0 Å². The Hall–Kier alpha value is -0.870. The molecule has 1 saturated carbocycles. The van der Waals surface area contributed by atoms with E-state index >= 15 is 0 Å². The van der Waals surface area contributed by atoms with Crippen LogP contribution in [-0.2, 0) is 9.53 Å². The molecule has 0 aromatic carbocycles. The Bertz CT molecular complexity index is 244. The fraction of sp³-hybridized carbons (Fsp3) is 0.750. The number of nitrogens with two attached hydrogens (primary N) is 1. The Kier molecular flexibility index (Phi) is 4.96. The molecule has 0 radical (unpaired) electrons. The Balaban J connectivity index is 2.61. The molecule has 0 unspecified atom stereocenters. The van der Waals surface area contributed by atoms with Gasteiger partial charge >= 0.3 is 0 Å². The van der Waals surface area contributed by atoms with Gasteiger partial charge in [-0.05, 0) is 12.8 Å². The van der Waals surface area contributed by atoms with E-state index in [2.05, 4.69) is 6.58 Å². The van der Waals surface area contributed by atoms with Gasteiger partial charge in [0.1, 0.15) is 0 Å². The van der Waals surface area contributed by atoms with E-state index in [4.69, 9.17) is 10.5 Å². The molecule has 92 valence electrons. The number of methoxy groups -OCH3 is 1. The summed E-state index contributed by atoms with van der Waals surface area (Å²) >= 11 is 0. The van der Waals surface area contributed by atoms with E-state index < -0.39 is 0 Å². The molecule has 1 amide bonds. The van der Waals surface area contributed by atoms with Crippen molar-refractivity contribution in [2.24, 2.45) is 11.1 Å². The first-order valence-electron chi connectivity index (χ1n) is 5.79. The van der Waals surface area contributed by atoms with Crippen molar-refractivity contribution in [2.75, 3.05) is 33.4 Å². The molecule has 0 atom stereocenters. The highest BCUT2D eigenvalue weighted by atomic mass is 16.5. The van der Waals surface area contributed by atoms with Crippen molar-refractivity contribution in [3.63, 3.8) is 0 Å². The zero-order chi connectivity index (χ0) is 12.0. The minimum Gasteiger partial charge on any atom is -0.383 e. The molecule has 0 spiro atoms. The topological polar surface area (TPSA) is 55.6 Å². The molecule has 4 heteroatoms. The number of carbonyl (C=O) groups is 1. The number of ether oxygens (including phenoxy) is 1. The Morgan fingerprint density at radius 3 is 2.69 bits per heavy atom. The number of hydrogen-bond acceptors (Lipinski definition) is 3. The zero-order valence-corrected chi connectivity index (χ0v) is 10.1. The molecule has 0 saturated heterocycles. The highest BCUT2D eigenvalue weighted by Gasteiger charge is 2.44. The quantitative estimate of drug-likeness (QED) is 0.653. The third-order valence-electron chi connectivity index (χ3n) is 3.36. The number of carbonyl (C=O) groups excluding carboxylic acids is 1. The monoisotopic (exact) mass is 226 g/mol. The lowest BCUT2D eigenvalue weighted by Crippen LogP contribution is -2.52. The molecular weight excluding hydrogens is 204 g/mol. The molecule has 0 aliphatic heterocycles. The number of hydrogen-bond donors (Lipinski definition) is 1. The first kappa shape index (κ1) is 13.2. The van der Waals surface area contributed by atoms with Crippen LogP contribution < -0.4 is 5.73 Å². The highest BCUT2D eigenvalue weighted by Crippen LogP contribution is 2.41. The number of rotatable bonds is 7. The second-order valence-electron chi connectivity index (χ2n) is 4.37. The minimum atomic E-state index is -0.295. The maximum absolute atomic E-state index is 12.3. The smallest absolute Gasteiger partial charge is 0.230 e. The lowest BCUT2D eigenvalue weighted by Gasteiger charge is -2.42. The van der Waals surface area contributed by atoms with Crippen LogP contribution in [-0.4, -0.2) is 44.2 Å². The molecule has 2 N–H and O–H groups in total. The summed E-state index contributed by atoms with van der Waals surface area (Å²) in [6.45, 7) is 5.87. The van der Waals surface area contributed by atoms with E-state index in [1.165, 1.54) is 0 Å². The van der Waals surface area contributed by atoms with Gasteiger partial charge in [0, 0.05) is 26.7 Å². The van der Waals surface area contributed by atoms with E-state index in [0.717, 1.165) is 19.3 Å². The average molecular weight is 226 g/mol. The largest absolute Gasteiger partial charge is 0.383 e. The summed E-state index contributed by atoms with van der Waals surface area (Å²) in [4.78, 5) is 14.1. The highest BCUT2D eigenvalue weighted by molar-refractivity contribution is 5.84. The van der Waals surface area contributed by atoms with Crippen molar-refractivity contribution in [3.8, 4) is 0 Å². The van der Waals surface area contributed by atoms with Gasteiger partial charge in [0.05, 0.1) is 12.0 Å². The van der Waals surface area contributed by atoms with Crippen molar-refractivity contribution in [2.45, 2.75) is 19.3 Å². The zero-order valence-electron chi connectivity index (χ0n) is 10.1. The minimum absolute atomic E-state index is 0.165. The van der Waals surface area contributed by atoms with Crippen molar-refractivity contribution in [1.82, 2.24) is 4.90 Å². The molecule has 1 aliphatic rings. The van der Waals surface area contributed by atoms with E-state index in [1.807, 2.05) is 0 Å². The number of nitrogens with zero attached hydrogens (tertiary/aromatic N) is 1. The van der Waals surface area contributed by atoms with Crippen LogP contribution in [0.2, 0.25) is 0 Å². The van der Waals surface area contributed by atoms with Crippen LogP contribution in [0.4, 0.5) is 0 Å². The summed E-state index contributed by atoms with van der Waals surface area (Å²) in [7, 11) is 1.64. The van der Waals surface area contributed by atoms with E-state index in [1.54, 1.807) is 18.1 Å². The molecular formula is C12H22N2O2. The van der Waals surface area contributed by atoms with Crippen LogP contribution in [0.15, 0.2) is 12.7 Å². The Morgan fingerprint density at radius 2 is 2.31 bits per heavy atom. The summed E-state index contributed by atoms with van der Waals surface area (Å²) < 4.78 is 5.01. The molecule has 0 aromatic rings. The molecule has 4 nitrogen and oxygen atoms in total. The second kappa shape index (κ2) is 6.01.